The summed E-state index contributed by atoms with van der Waals surface area (Å²) in [7, 11) is 0. The summed E-state index contributed by atoms with van der Waals surface area (Å²) in [5.41, 5.74) is 3.08. The van der Waals surface area contributed by atoms with E-state index in [1.807, 2.05) is 44.2 Å². The summed E-state index contributed by atoms with van der Waals surface area (Å²) < 4.78 is 1.53. The van der Waals surface area contributed by atoms with Gasteiger partial charge in [-0.25, -0.2) is 4.98 Å². The van der Waals surface area contributed by atoms with Gasteiger partial charge < -0.3 is 5.32 Å². The van der Waals surface area contributed by atoms with Gasteiger partial charge in [-0.1, -0.05) is 46.8 Å². The SMILES string of the molecule is CC(C)c1cc(=O)[nH]c(-n2nc(C3CC3)cc2NC(=O)c2ccc(C(C)(C)C)cc2)n1. The number of hydrogen-bond acceptors (Lipinski definition) is 4. The number of rotatable bonds is 5. The monoisotopic (exact) mass is 419 g/mol. The molecule has 162 valence electrons. The number of nitrogens with one attached hydrogen (secondary N) is 2. The van der Waals surface area contributed by atoms with E-state index < -0.39 is 0 Å². The van der Waals surface area contributed by atoms with Crippen LogP contribution < -0.4 is 10.9 Å². The Hall–Kier alpha value is -3.22. The van der Waals surface area contributed by atoms with Crippen molar-refractivity contribution in [3.8, 4) is 5.95 Å². The zero-order valence-corrected chi connectivity index (χ0v) is 18.7. The molecule has 0 spiro atoms. The molecule has 7 nitrogen and oxygen atoms in total. The lowest BCUT2D eigenvalue weighted by molar-refractivity contribution is 0.102. The topological polar surface area (TPSA) is 92.7 Å². The van der Waals surface area contributed by atoms with Crippen molar-refractivity contribution in [1.82, 2.24) is 19.7 Å². The van der Waals surface area contributed by atoms with Gasteiger partial charge in [-0.2, -0.15) is 9.78 Å². The third-order valence-corrected chi connectivity index (χ3v) is 5.52. The van der Waals surface area contributed by atoms with Crippen molar-refractivity contribution >= 4 is 11.7 Å². The summed E-state index contributed by atoms with van der Waals surface area (Å²) in [6, 6.07) is 11.0. The predicted octanol–water partition coefficient (Wildman–Crippen LogP) is 4.51. The predicted molar refractivity (Wildman–Crippen MR) is 121 cm³/mol. The zero-order chi connectivity index (χ0) is 22.3. The normalized spacial score (nSPS) is 14.1. The first-order chi connectivity index (χ1) is 14.6. The first-order valence-corrected chi connectivity index (χ1v) is 10.8. The molecule has 0 unspecified atom stereocenters. The Balaban J connectivity index is 1.67. The number of carbonyl (C=O) groups is 1. The van der Waals surface area contributed by atoms with E-state index in [2.05, 4.69) is 41.2 Å². The van der Waals surface area contributed by atoms with Gasteiger partial charge in [0.2, 0.25) is 5.95 Å². The Bertz CT molecular complexity index is 1160. The van der Waals surface area contributed by atoms with Crippen LogP contribution in [0.25, 0.3) is 5.95 Å². The fraction of sp³-hybridized carbons (Fsp3) is 0.417. The number of aromatic amines is 1. The number of H-pyrrole nitrogens is 1. The second-order valence-corrected chi connectivity index (χ2v) is 9.57. The van der Waals surface area contributed by atoms with Gasteiger partial charge in [-0.15, -0.1) is 0 Å². The van der Waals surface area contributed by atoms with Gasteiger partial charge in [0.25, 0.3) is 11.5 Å². The van der Waals surface area contributed by atoms with Crippen molar-refractivity contribution < 1.29 is 4.79 Å². The molecule has 3 aromatic rings. The van der Waals surface area contributed by atoms with Gasteiger partial charge in [0.15, 0.2) is 0 Å². The third-order valence-electron chi connectivity index (χ3n) is 5.52. The van der Waals surface area contributed by atoms with Gasteiger partial charge in [-0.3, -0.25) is 14.6 Å². The molecule has 2 aromatic heterocycles. The fourth-order valence-corrected chi connectivity index (χ4v) is 3.40. The number of anilines is 1. The minimum atomic E-state index is -0.243. The maximum Gasteiger partial charge on any atom is 0.256 e. The molecular formula is C24H29N5O2. The number of hydrogen-bond donors (Lipinski definition) is 2. The molecule has 0 atom stereocenters. The molecule has 1 amide bonds. The Labute approximate surface area is 181 Å². The molecule has 0 bridgehead atoms. The molecule has 0 radical (unpaired) electrons. The highest BCUT2D eigenvalue weighted by atomic mass is 16.1. The summed E-state index contributed by atoms with van der Waals surface area (Å²) >= 11 is 0. The standard InChI is InChI=1S/C24H29N5O2/c1-14(2)18-13-21(30)27-23(25-18)29-20(12-19(28-29)15-6-7-15)26-22(31)16-8-10-17(11-9-16)24(3,4)5/h8-15H,6-7H2,1-5H3,(H,26,31)(H,25,27,30). The molecular weight excluding hydrogens is 390 g/mol. The highest BCUT2D eigenvalue weighted by Gasteiger charge is 2.28. The quantitative estimate of drug-likeness (QED) is 0.636. The van der Waals surface area contributed by atoms with E-state index in [9.17, 15) is 9.59 Å². The lowest BCUT2D eigenvalue weighted by Gasteiger charge is -2.19. The van der Waals surface area contributed by atoms with Gasteiger partial charge in [0.05, 0.1) is 11.4 Å². The fourth-order valence-electron chi connectivity index (χ4n) is 3.40. The van der Waals surface area contributed by atoms with Crippen molar-refractivity contribution in [3.63, 3.8) is 0 Å². The summed E-state index contributed by atoms with van der Waals surface area (Å²) in [6.45, 7) is 10.4. The molecule has 1 aliphatic carbocycles. The number of nitrogens with zero attached hydrogens (tertiary/aromatic N) is 3. The molecule has 31 heavy (non-hydrogen) atoms. The van der Waals surface area contributed by atoms with Crippen LogP contribution in [0.2, 0.25) is 0 Å². The molecule has 4 rings (SSSR count). The van der Waals surface area contributed by atoms with E-state index >= 15 is 0 Å². The molecule has 1 saturated carbocycles. The maximum absolute atomic E-state index is 13.0. The van der Waals surface area contributed by atoms with Crippen LogP contribution in [0.3, 0.4) is 0 Å². The molecule has 7 heteroatoms. The summed E-state index contributed by atoms with van der Waals surface area (Å²) in [4.78, 5) is 32.5. The summed E-state index contributed by atoms with van der Waals surface area (Å²) in [6.07, 6.45) is 2.16. The van der Waals surface area contributed by atoms with Crippen molar-refractivity contribution in [2.24, 2.45) is 0 Å². The lowest BCUT2D eigenvalue weighted by atomic mass is 9.87. The van der Waals surface area contributed by atoms with Crippen LogP contribution in [0.15, 0.2) is 41.2 Å². The summed E-state index contributed by atoms with van der Waals surface area (Å²) in [5.74, 6) is 1.06. The van der Waals surface area contributed by atoms with Gasteiger partial charge in [0.1, 0.15) is 5.82 Å². The van der Waals surface area contributed by atoms with Gasteiger partial charge in [-0.05, 0) is 41.9 Å². The highest BCUT2D eigenvalue weighted by Crippen LogP contribution is 2.40. The molecule has 1 aromatic carbocycles. The van der Waals surface area contributed by atoms with Crippen molar-refractivity contribution in [3.05, 3.63) is 69.3 Å². The van der Waals surface area contributed by atoms with Crippen LogP contribution in [0.1, 0.15) is 86.6 Å². The van der Waals surface area contributed by atoms with E-state index in [4.69, 9.17) is 0 Å². The number of amides is 1. The minimum Gasteiger partial charge on any atom is -0.306 e. The van der Waals surface area contributed by atoms with E-state index in [1.54, 1.807) is 0 Å². The maximum atomic E-state index is 13.0. The van der Waals surface area contributed by atoms with Crippen LogP contribution in [-0.2, 0) is 5.41 Å². The Kier molecular flexibility index (Phi) is 5.29. The van der Waals surface area contributed by atoms with Gasteiger partial charge >= 0.3 is 0 Å². The van der Waals surface area contributed by atoms with E-state index in [0.29, 0.717) is 28.9 Å². The Morgan fingerprint density at radius 3 is 2.42 bits per heavy atom. The second kappa shape index (κ2) is 7.80. The average Bonchev–Trinajstić information content (AvgIpc) is 3.47. The largest absolute Gasteiger partial charge is 0.306 e. The first-order valence-electron chi connectivity index (χ1n) is 10.8. The lowest BCUT2D eigenvalue weighted by Crippen LogP contribution is -2.20. The van der Waals surface area contributed by atoms with Crippen molar-refractivity contribution in [2.45, 2.75) is 64.7 Å². The van der Waals surface area contributed by atoms with Crippen molar-refractivity contribution in [1.29, 1.82) is 0 Å². The number of aromatic nitrogens is 4. The van der Waals surface area contributed by atoms with Crippen LogP contribution in [-0.4, -0.2) is 25.7 Å². The van der Waals surface area contributed by atoms with Crippen LogP contribution in [0, 0.1) is 0 Å². The van der Waals surface area contributed by atoms with Crippen molar-refractivity contribution in [2.75, 3.05) is 5.32 Å². The van der Waals surface area contributed by atoms with E-state index in [1.165, 1.54) is 10.7 Å². The average molecular weight is 420 g/mol. The van der Waals surface area contributed by atoms with Gasteiger partial charge in [0, 0.05) is 23.6 Å². The minimum absolute atomic E-state index is 0.0196. The molecule has 0 aliphatic heterocycles. The molecule has 1 aliphatic rings. The summed E-state index contributed by atoms with van der Waals surface area (Å²) in [5, 5.41) is 7.60. The molecule has 0 saturated heterocycles. The zero-order valence-electron chi connectivity index (χ0n) is 18.7. The molecule has 2 N–H and O–H groups in total. The van der Waals surface area contributed by atoms with E-state index in [0.717, 1.165) is 24.1 Å². The smallest absolute Gasteiger partial charge is 0.256 e. The second-order valence-electron chi connectivity index (χ2n) is 9.57. The Morgan fingerprint density at radius 1 is 1.16 bits per heavy atom. The van der Waals surface area contributed by atoms with E-state index in [-0.39, 0.29) is 22.8 Å². The highest BCUT2D eigenvalue weighted by molar-refractivity contribution is 6.04. The first kappa shape index (κ1) is 21.0. The third kappa shape index (κ3) is 4.60. The van der Waals surface area contributed by atoms with Crippen LogP contribution >= 0.6 is 0 Å². The molecule has 1 fully saturated rings. The Morgan fingerprint density at radius 2 is 1.84 bits per heavy atom. The molecule has 2 heterocycles. The van der Waals surface area contributed by atoms with Crippen LogP contribution in [0.4, 0.5) is 5.82 Å². The number of carbonyl (C=O) groups excluding carboxylic acids is 1. The van der Waals surface area contributed by atoms with Crippen LogP contribution in [0.5, 0.6) is 0 Å². The number of benzene rings is 1.